The molecule has 0 aromatic rings. The zero-order valence-corrected chi connectivity index (χ0v) is 4.85. The van der Waals surface area contributed by atoms with Gasteiger partial charge in [-0.1, -0.05) is 6.92 Å². The number of nitrogens with two attached hydrogens (primary N) is 1. The van der Waals surface area contributed by atoms with Gasteiger partial charge in [0.1, 0.15) is 6.21 Å². The number of hydrogen-bond acceptors (Lipinski definition) is 1. The van der Waals surface area contributed by atoms with Crippen LogP contribution in [0, 0.1) is 5.92 Å². The molecule has 0 amide bonds. The number of hydrogen-bond donors (Lipinski definition) is 1. The first-order valence-electron chi connectivity index (χ1n) is 2.35. The third-order valence-electron chi connectivity index (χ3n) is 0.758. The second kappa shape index (κ2) is 3.81. The molecule has 2 nitrogen and oxygen atoms in total. The van der Waals surface area contributed by atoms with Crippen LogP contribution in [0.2, 0.25) is 0 Å². The van der Waals surface area contributed by atoms with Gasteiger partial charge in [-0.25, -0.2) is 0 Å². The quantitative estimate of drug-likeness (QED) is 0.460. The van der Waals surface area contributed by atoms with Crippen LogP contribution in [0.15, 0.2) is 0 Å². The first kappa shape index (κ1) is 6.63. The molecule has 0 aliphatic heterocycles. The maximum absolute atomic E-state index is 5.15. The Labute approximate surface area is 44.0 Å². The van der Waals surface area contributed by atoms with Crippen molar-refractivity contribution in [1.82, 2.24) is 0 Å². The topological polar surface area (TPSA) is 34.8 Å². The molecule has 0 radical (unpaired) electrons. The summed E-state index contributed by atoms with van der Waals surface area (Å²) >= 11 is 0. The predicted molar refractivity (Wildman–Crippen MR) is 29.0 cm³/mol. The van der Waals surface area contributed by atoms with E-state index in [4.69, 9.17) is 10.1 Å². The summed E-state index contributed by atoms with van der Waals surface area (Å²) in [5, 5.41) is 5.15. The molecule has 2 N–H and O–H groups in total. The van der Waals surface area contributed by atoms with Crippen LogP contribution in [-0.2, 0) is 4.74 Å². The first-order valence-corrected chi connectivity index (χ1v) is 2.35. The molecular weight excluding hydrogens is 90.1 g/mol. The molecule has 0 spiro atoms. The van der Waals surface area contributed by atoms with Crippen LogP contribution < -0.4 is 5.41 Å². The summed E-state index contributed by atoms with van der Waals surface area (Å²) in [5.41, 5.74) is 0. The molecule has 7 heavy (non-hydrogen) atoms. The van der Waals surface area contributed by atoms with Crippen LogP contribution in [0.5, 0.6) is 0 Å². The molecule has 1 atom stereocenters. The molecule has 0 aromatic heterocycles. The van der Waals surface area contributed by atoms with Gasteiger partial charge in [-0.05, 0) is 0 Å². The van der Waals surface area contributed by atoms with Crippen molar-refractivity contribution in [3.63, 3.8) is 0 Å². The molecule has 0 aromatic carbocycles. The summed E-state index contributed by atoms with van der Waals surface area (Å²) in [6.45, 7) is 2.72. The monoisotopic (exact) mass is 102 g/mol. The van der Waals surface area contributed by atoms with E-state index in [0.717, 1.165) is 6.61 Å². The average Bonchev–Trinajstić information content (AvgIpc) is 1.68. The van der Waals surface area contributed by atoms with Gasteiger partial charge in [0, 0.05) is 7.11 Å². The molecular formula is C5H12NO+. The maximum atomic E-state index is 5.15. The molecule has 0 saturated carbocycles. The van der Waals surface area contributed by atoms with Crippen LogP contribution in [0.1, 0.15) is 6.92 Å². The van der Waals surface area contributed by atoms with Crippen LogP contribution in [0.4, 0.5) is 0 Å². The van der Waals surface area contributed by atoms with E-state index in [9.17, 15) is 0 Å². The van der Waals surface area contributed by atoms with Crippen LogP contribution >= 0.6 is 0 Å². The molecule has 0 bridgehead atoms. The summed E-state index contributed by atoms with van der Waals surface area (Å²) < 4.78 is 4.78. The standard InChI is InChI=1S/C5H11NO/c1-5(3-6)4-7-2/h3,5-6H,4H2,1-2H3/p+1/t5-/m0/s1. The van der Waals surface area contributed by atoms with E-state index in [-0.39, 0.29) is 0 Å². The highest BCUT2D eigenvalue weighted by molar-refractivity contribution is 5.52. The van der Waals surface area contributed by atoms with Gasteiger partial charge in [-0.3, -0.25) is 5.41 Å². The SMILES string of the molecule is COC[C@@H](C)C=[NH2+]. The third-order valence-corrected chi connectivity index (χ3v) is 0.758. The van der Waals surface area contributed by atoms with E-state index in [1.165, 1.54) is 0 Å². The van der Waals surface area contributed by atoms with Gasteiger partial charge >= 0.3 is 0 Å². The van der Waals surface area contributed by atoms with E-state index in [0.29, 0.717) is 5.92 Å². The predicted octanol–water partition coefficient (Wildman–Crippen LogP) is -0.901. The molecule has 0 fully saturated rings. The Morgan fingerprint density at radius 1 is 1.86 bits per heavy atom. The van der Waals surface area contributed by atoms with Gasteiger partial charge in [0.05, 0.1) is 12.5 Å². The van der Waals surface area contributed by atoms with E-state index in [1.807, 2.05) is 6.92 Å². The molecule has 0 unspecified atom stereocenters. The lowest BCUT2D eigenvalue weighted by molar-refractivity contribution is -0.111. The molecule has 0 aliphatic carbocycles. The second-order valence-electron chi connectivity index (χ2n) is 1.63. The van der Waals surface area contributed by atoms with E-state index in [1.54, 1.807) is 13.3 Å². The fourth-order valence-corrected chi connectivity index (χ4v) is 0.318. The lowest BCUT2D eigenvalue weighted by Gasteiger charge is -1.95. The second-order valence-corrected chi connectivity index (χ2v) is 1.63. The number of methoxy groups -OCH3 is 1. The molecule has 0 rings (SSSR count). The Morgan fingerprint density at radius 3 is 2.57 bits per heavy atom. The van der Waals surface area contributed by atoms with Gasteiger partial charge in [-0.2, -0.15) is 0 Å². The Hall–Kier alpha value is -0.370. The van der Waals surface area contributed by atoms with Crippen molar-refractivity contribution >= 4 is 6.21 Å². The van der Waals surface area contributed by atoms with Gasteiger partial charge in [0.15, 0.2) is 0 Å². The zero-order chi connectivity index (χ0) is 5.70. The Bertz CT molecular complexity index is 54.0. The van der Waals surface area contributed by atoms with Gasteiger partial charge in [0.25, 0.3) is 0 Å². The normalized spacial score (nSPS) is 13.4. The van der Waals surface area contributed by atoms with Crippen molar-refractivity contribution in [3.8, 4) is 0 Å². The van der Waals surface area contributed by atoms with Crippen molar-refractivity contribution in [2.45, 2.75) is 6.92 Å². The first-order chi connectivity index (χ1) is 3.31. The van der Waals surface area contributed by atoms with E-state index >= 15 is 0 Å². The Morgan fingerprint density at radius 2 is 2.43 bits per heavy atom. The number of ether oxygens (including phenoxy) is 1. The van der Waals surface area contributed by atoms with Crippen LogP contribution in [0.3, 0.4) is 0 Å². The minimum absolute atomic E-state index is 0.380. The van der Waals surface area contributed by atoms with Gasteiger partial charge in [-0.15, -0.1) is 0 Å². The van der Waals surface area contributed by atoms with Gasteiger partial charge < -0.3 is 4.74 Å². The summed E-state index contributed by atoms with van der Waals surface area (Å²) in [6, 6.07) is 0. The van der Waals surface area contributed by atoms with E-state index in [2.05, 4.69) is 0 Å². The van der Waals surface area contributed by atoms with Crippen molar-refractivity contribution in [2.24, 2.45) is 5.92 Å². The molecule has 0 aliphatic rings. The number of rotatable bonds is 3. The summed E-state index contributed by atoms with van der Waals surface area (Å²) in [4.78, 5) is 0. The molecule has 42 valence electrons. The Kier molecular flexibility index (Phi) is 3.61. The minimum atomic E-state index is 0.380. The van der Waals surface area contributed by atoms with E-state index < -0.39 is 0 Å². The highest BCUT2D eigenvalue weighted by Crippen LogP contribution is 1.84. The zero-order valence-electron chi connectivity index (χ0n) is 4.85. The average molecular weight is 102 g/mol. The maximum Gasteiger partial charge on any atom is 0.141 e. The summed E-state index contributed by atoms with van der Waals surface area (Å²) in [7, 11) is 1.67. The third kappa shape index (κ3) is 3.46. The summed E-state index contributed by atoms with van der Waals surface area (Å²) in [6.07, 6.45) is 1.63. The lowest BCUT2D eigenvalue weighted by atomic mass is 10.2. The molecule has 0 heterocycles. The smallest absolute Gasteiger partial charge is 0.141 e. The highest BCUT2D eigenvalue weighted by Gasteiger charge is 1.95. The highest BCUT2D eigenvalue weighted by atomic mass is 16.5. The molecule has 0 saturated heterocycles. The van der Waals surface area contributed by atoms with Crippen LogP contribution in [0.25, 0.3) is 0 Å². The Balaban J connectivity index is 2.98. The largest absolute Gasteiger partial charge is 0.384 e. The lowest BCUT2D eigenvalue weighted by Crippen LogP contribution is -2.34. The fraction of sp³-hybridized carbons (Fsp3) is 0.800. The van der Waals surface area contributed by atoms with Crippen molar-refractivity contribution < 1.29 is 10.1 Å². The minimum Gasteiger partial charge on any atom is -0.384 e. The van der Waals surface area contributed by atoms with Crippen molar-refractivity contribution in [2.75, 3.05) is 13.7 Å². The fourth-order valence-electron chi connectivity index (χ4n) is 0.318. The van der Waals surface area contributed by atoms with Gasteiger partial charge in [0.2, 0.25) is 0 Å². The van der Waals surface area contributed by atoms with Crippen molar-refractivity contribution in [3.05, 3.63) is 0 Å². The molecule has 2 heteroatoms. The van der Waals surface area contributed by atoms with Crippen LogP contribution in [-0.4, -0.2) is 19.9 Å². The summed E-state index contributed by atoms with van der Waals surface area (Å²) in [5.74, 6) is 0.380. The van der Waals surface area contributed by atoms with Crippen molar-refractivity contribution in [1.29, 1.82) is 0 Å².